The van der Waals surface area contributed by atoms with Crippen molar-refractivity contribution in [1.29, 1.82) is 5.26 Å². The minimum absolute atomic E-state index is 0.0474. The van der Waals surface area contributed by atoms with Gasteiger partial charge in [-0.15, -0.1) is 11.8 Å². The maximum absolute atomic E-state index is 12.6. The van der Waals surface area contributed by atoms with E-state index in [4.69, 9.17) is 11.6 Å². The summed E-state index contributed by atoms with van der Waals surface area (Å²) in [5, 5.41) is 21.9. The third-order valence-corrected chi connectivity index (χ3v) is 6.36. The molecule has 0 aliphatic carbocycles. The van der Waals surface area contributed by atoms with Crippen molar-refractivity contribution in [1.82, 2.24) is 0 Å². The van der Waals surface area contributed by atoms with E-state index in [2.05, 4.69) is 11.1 Å². The Bertz CT molecular complexity index is 1200. The zero-order chi connectivity index (χ0) is 23.4. The van der Waals surface area contributed by atoms with Gasteiger partial charge in [-0.25, -0.2) is 4.99 Å². The predicted molar refractivity (Wildman–Crippen MR) is 124 cm³/mol. The van der Waals surface area contributed by atoms with Crippen LogP contribution in [0.2, 0.25) is 5.02 Å². The Balaban J connectivity index is 1.91. The summed E-state index contributed by atoms with van der Waals surface area (Å²) < 4.78 is 0. The van der Waals surface area contributed by atoms with Gasteiger partial charge in [0, 0.05) is 39.9 Å². The van der Waals surface area contributed by atoms with Crippen molar-refractivity contribution in [3.05, 3.63) is 86.1 Å². The number of ketones is 2. The maximum Gasteiger partial charge on any atom is 0.270 e. The monoisotopic (exact) mass is 467 g/mol. The SMILES string of the molecule is CC(=O)C1=C(C)N=C(SCC(=O)c2cccc([N+](=O)[O-])c2)C(C#N)C1c1ccc(Cl)cc1. The summed E-state index contributed by atoms with van der Waals surface area (Å²) >= 11 is 7.10. The molecule has 0 N–H and O–H groups in total. The Morgan fingerprint density at radius 2 is 1.94 bits per heavy atom. The lowest BCUT2D eigenvalue weighted by Gasteiger charge is -2.29. The van der Waals surface area contributed by atoms with E-state index in [0.717, 1.165) is 17.3 Å². The molecular formula is C23H18ClN3O4S. The molecule has 0 bridgehead atoms. The Morgan fingerprint density at radius 3 is 2.53 bits per heavy atom. The summed E-state index contributed by atoms with van der Waals surface area (Å²) in [6.45, 7) is 3.14. The number of nitrogens with zero attached hydrogens (tertiary/aromatic N) is 3. The van der Waals surface area contributed by atoms with E-state index in [9.17, 15) is 25.0 Å². The molecule has 1 aliphatic rings. The number of hydrogen-bond acceptors (Lipinski definition) is 7. The Morgan fingerprint density at radius 1 is 1.25 bits per heavy atom. The number of Topliss-reactive ketones (excluding diaryl/α,β-unsaturated/α-hetero) is 2. The highest BCUT2D eigenvalue weighted by Gasteiger charge is 2.37. The lowest BCUT2D eigenvalue weighted by molar-refractivity contribution is -0.384. The molecule has 9 heteroatoms. The van der Waals surface area contributed by atoms with Crippen LogP contribution in [0.4, 0.5) is 5.69 Å². The van der Waals surface area contributed by atoms with Gasteiger partial charge in [-0.2, -0.15) is 5.26 Å². The van der Waals surface area contributed by atoms with Crippen LogP contribution in [0.3, 0.4) is 0 Å². The number of benzene rings is 2. The van der Waals surface area contributed by atoms with Gasteiger partial charge in [0.15, 0.2) is 11.6 Å². The molecule has 0 saturated carbocycles. The van der Waals surface area contributed by atoms with Crippen LogP contribution in [0.5, 0.6) is 0 Å². The van der Waals surface area contributed by atoms with E-state index in [0.29, 0.717) is 21.3 Å². The fraction of sp³-hybridized carbons (Fsp3) is 0.217. The number of rotatable bonds is 6. The first-order valence-electron chi connectivity index (χ1n) is 9.58. The quantitative estimate of drug-likeness (QED) is 0.321. The minimum Gasteiger partial charge on any atom is -0.295 e. The highest BCUT2D eigenvalue weighted by molar-refractivity contribution is 8.14. The second kappa shape index (κ2) is 9.90. The van der Waals surface area contributed by atoms with Crippen molar-refractivity contribution in [2.75, 3.05) is 5.75 Å². The van der Waals surface area contributed by atoms with Gasteiger partial charge in [0.05, 0.1) is 21.8 Å². The second-order valence-electron chi connectivity index (χ2n) is 7.16. The van der Waals surface area contributed by atoms with E-state index in [1.807, 2.05) is 0 Å². The van der Waals surface area contributed by atoms with Gasteiger partial charge in [-0.3, -0.25) is 19.7 Å². The fourth-order valence-electron chi connectivity index (χ4n) is 3.60. The van der Waals surface area contributed by atoms with Gasteiger partial charge in [0.1, 0.15) is 5.92 Å². The highest BCUT2D eigenvalue weighted by atomic mass is 35.5. The summed E-state index contributed by atoms with van der Waals surface area (Å²) in [5.41, 5.74) is 1.74. The van der Waals surface area contributed by atoms with Crippen LogP contribution in [0.15, 0.2) is 64.8 Å². The molecule has 32 heavy (non-hydrogen) atoms. The largest absolute Gasteiger partial charge is 0.295 e. The second-order valence-corrected chi connectivity index (χ2v) is 8.59. The van der Waals surface area contributed by atoms with Crippen LogP contribution in [0.1, 0.15) is 35.7 Å². The number of carbonyl (C=O) groups excluding carboxylic acids is 2. The van der Waals surface area contributed by atoms with Crippen molar-refractivity contribution >= 4 is 45.7 Å². The number of non-ortho nitro benzene ring substituents is 1. The minimum atomic E-state index is -0.762. The normalized spacial score (nSPS) is 18.0. The number of thioether (sulfide) groups is 1. The first-order valence-corrected chi connectivity index (χ1v) is 10.9. The predicted octanol–water partition coefficient (Wildman–Crippen LogP) is 5.36. The summed E-state index contributed by atoms with van der Waals surface area (Å²) in [5.74, 6) is -1.85. The van der Waals surface area contributed by atoms with Gasteiger partial charge in [-0.05, 0) is 31.5 Å². The maximum atomic E-state index is 12.6. The zero-order valence-corrected chi connectivity index (χ0v) is 18.8. The zero-order valence-electron chi connectivity index (χ0n) is 17.2. The van der Waals surface area contributed by atoms with Crippen LogP contribution in [-0.4, -0.2) is 27.3 Å². The van der Waals surface area contributed by atoms with Crippen molar-refractivity contribution in [2.24, 2.45) is 10.9 Å². The molecule has 2 aromatic carbocycles. The van der Waals surface area contributed by atoms with Crippen LogP contribution in [0.25, 0.3) is 0 Å². The lowest BCUT2D eigenvalue weighted by Crippen LogP contribution is -2.28. The Hall–Kier alpha value is -3.28. The number of aliphatic imine (C=N–C) groups is 1. The molecule has 2 atom stereocenters. The van der Waals surface area contributed by atoms with Crippen molar-refractivity contribution in [2.45, 2.75) is 19.8 Å². The number of hydrogen-bond donors (Lipinski definition) is 0. The molecule has 1 aliphatic heterocycles. The first kappa shape index (κ1) is 23.4. The van der Waals surface area contributed by atoms with Gasteiger partial charge in [-0.1, -0.05) is 35.9 Å². The van der Waals surface area contributed by atoms with Crippen LogP contribution < -0.4 is 0 Å². The number of nitriles is 1. The molecular weight excluding hydrogens is 450 g/mol. The summed E-state index contributed by atoms with van der Waals surface area (Å²) in [6, 6.07) is 14.7. The number of nitro groups is 1. The van der Waals surface area contributed by atoms with Crippen LogP contribution >= 0.6 is 23.4 Å². The first-order chi connectivity index (χ1) is 15.2. The third kappa shape index (κ3) is 4.96. The number of halogens is 1. The third-order valence-electron chi connectivity index (χ3n) is 5.06. The van der Waals surface area contributed by atoms with Gasteiger partial charge in [0.25, 0.3) is 5.69 Å². The van der Waals surface area contributed by atoms with Gasteiger partial charge in [0.2, 0.25) is 0 Å². The molecule has 7 nitrogen and oxygen atoms in total. The molecule has 0 aromatic heterocycles. The molecule has 0 radical (unpaired) electrons. The Labute approximate surface area is 193 Å². The Kier molecular flexibility index (Phi) is 7.23. The average molecular weight is 468 g/mol. The molecule has 0 fully saturated rings. The van der Waals surface area contributed by atoms with Crippen LogP contribution in [0, 0.1) is 27.4 Å². The summed E-state index contributed by atoms with van der Waals surface area (Å²) in [4.78, 5) is 39.9. The van der Waals surface area contributed by atoms with E-state index in [1.165, 1.54) is 31.2 Å². The van der Waals surface area contributed by atoms with Crippen molar-refractivity contribution < 1.29 is 14.5 Å². The summed E-state index contributed by atoms with van der Waals surface area (Å²) in [6.07, 6.45) is 0. The number of nitro benzene ring substituents is 1. The molecule has 162 valence electrons. The topological polar surface area (TPSA) is 113 Å². The van der Waals surface area contributed by atoms with E-state index >= 15 is 0 Å². The van der Waals surface area contributed by atoms with Crippen LogP contribution in [-0.2, 0) is 4.79 Å². The van der Waals surface area contributed by atoms with Crippen molar-refractivity contribution in [3.63, 3.8) is 0 Å². The van der Waals surface area contributed by atoms with E-state index < -0.39 is 16.8 Å². The molecule has 3 rings (SSSR count). The molecule has 0 saturated heterocycles. The van der Waals surface area contributed by atoms with Crippen molar-refractivity contribution in [3.8, 4) is 6.07 Å². The average Bonchev–Trinajstić information content (AvgIpc) is 2.77. The standard InChI is InChI=1S/C23H18ClN3O4S/c1-13-21(14(2)28)22(15-6-8-17(24)9-7-15)19(11-25)23(26-13)32-12-20(29)16-4-3-5-18(10-16)27(30)31/h3-10,19,22H,12H2,1-2H3. The fourth-order valence-corrected chi connectivity index (χ4v) is 4.74. The van der Waals surface area contributed by atoms with Gasteiger partial charge < -0.3 is 0 Å². The summed E-state index contributed by atoms with van der Waals surface area (Å²) in [7, 11) is 0. The number of carbonyl (C=O) groups is 2. The molecule has 1 heterocycles. The smallest absolute Gasteiger partial charge is 0.270 e. The highest BCUT2D eigenvalue weighted by Crippen LogP contribution is 2.41. The van der Waals surface area contributed by atoms with Gasteiger partial charge >= 0.3 is 0 Å². The molecule has 0 spiro atoms. The van der Waals surface area contributed by atoms with E-state index in [-0.39, 0.29) is 28.6 Å². The molecule has 0 amide bonds. The molecule has 2 aromatic rings. The lowest BCUT2D eigenvalue weighted by atomic mass is 9.78. The molecule has 2 unspecified atom stereocenters. The van der Waals surface area contributed by atoms with E-state index in [1.54, 1.807) is 31.2 Å². The number of allylic oxidation sites excluding steroid dienone is 2.